The molecule has 1 aliphatic heterocycles. The molecule has 2 rings (SSSR count). The van der Waals surface area contributed by atoms with Gasteiger partial charge in [-0.15, -0.1) is 0 Å². The number of hydrogen-bond acceptors (Lipinski definition) is 2. The van der Waals surface area contributed by atoms with Crippen molar-refractivity contribution in [3.63, 3.8) is 0 Å². The zero-order valence-corrected chi connectivity index (χ0v) is 11.6. The van der Waals surface area contributed by atoms with E-state index in [0.29, 0.717) is 18.7 Å². The van der Waals surface area contributed by atoms with Crippen LogP contribution in [0.3, 0.4) is 0 Å². The molecule has 1 saturated heterocycles. The number of halogens is 1. The molecule has 0 aliphatic carbocycles. The van der Waals surface area contributed by atoms with Gasteiger partial charge in [0.2, 0.25) is 5.91 Å². The van der Waals surface area contributed by atoms with Crippen molar-refractivity contribution < 1.29 is 14.3 Å². The molecule has 1 atom stereocenters. The Labute approximate surface area is 118 Å². The summed E-state index contributed by atoms with van der Waals surface area (Å²) >= 11 is 0. The molecule has 1 fully saturated rings. The van der Waals surface area contributed by atoms with Crippen LogP contribution in [0.1, 0.15) is 25.3 Å². The molecule has 1 N–H and O–H groups in total. The first-order valence-corrected chi connectivity index (χ1v) is 6.97. The van der Waals surface area contributed by atoms with Gasteiger partial charge in [0, 0.05) is 19.2 Å². The Morgan fingerprint density at radius 2 is 2.15 bits per heavy atom. The van der Waals surface area contributed by atoms with Gasteiger partial charge in [-0.25, -0.2) is 4.39 Å². The predicted molar refractivity (Wildman–Crippen MR) is 76.4 cm³/mol. The van der Waals surface area contributed by atoms with E-state index < -0.39 is 0 Å². The first kappa shape index (κ1) is 14.7. The molecule has 20 heavy (non-hydrogen) atoms. The molecular formula is C16H20FNO2. The number of aliphatic hydroxyl groups is 1. The minimum Gasteiger partial charge on any atom is -0.393 e. The average Bonchev–Trinajstić information content (AvgIpc) is 2.45. The number of carbonyl (C=O) groups is 1. The molecule has 1 amide bonds. The number of nitrogens with zero attached hydrogens (tertiary/aromatic N) is 1. The monoisotopic (exact) mass is 277 g/mol. The Morgan fingerprint density at radius 1 is 1.45 bits per heavy atom. The second-order valence-corrected chi connectivity index (χ2v) is 5.29. The molecule has 0 saturated carbocycles. The minimum atomic E-state index is -0.310. The Bertz CT molecular complexity index is 491. The fourth-order valence-corrected chi connectivity index (χ4v) is 2.49. The van der Waals surface area contributed by atoms with Gasteiger partial charge in [-0.2, -0.15) is 0 Å². The zero-order chi connectivity index (χ0) is 14.5. The van der Waals surface area contributed by atoms with Crippen molar-refractivity contribution in [2.24, 2.45) is 5.92 Å². The molecule has 4 heteroatoms. The summed E-state index contributed by atoms with van der Waals surface area (Å²) < 4.78 is 13.0. The fraction of sp³-hybridized carbons (Fsp3) is 0.438. The zero-order valence-electron chi connectivity index (χ0n) is 11.6. The highest BCUT2D eigenvalue weighted by molar-refractivity contribution is 5.91. The number of likely N-dealkylation sites (tertiary alicyclic amines) is 1. The van der Waals surface area contributed by atoms with Crippen LogP contribution in [0.5, 0.6) is 0 Å². The van der Waals surface area contributed by atoms with E-state index >= 15 is 0 Å². The van der Waals surface area contributed by atoms with Gasteiger partial charge >= 0.3 is 0 Å². The van der Waals surface area contributed by atoms with E-state index in [0.717, 1.165) is 12.8 Å². The molecular weight excluding hydrogens is 257 g/mol. The second kappa shape index (κ2) is 6.66. The Kier molecular flexibility index (Phi) is 4.90. The number of amides is 1. The molecule has 1 aromatic carbocycles. The third-order valence-electron chi connectivity index (χ3n) is 3.80. The van der Waals surface area contributed by atoms with Crippen LogP contribution in [0.25, 0.3) is 6.08 Å². The van der Waals surface area contributed by atoms with Gasteiger partial charge in [-0.1, -0.05) is 12.1 Å². The topological polar surface area (TPSA) is 40.5 Å². The first-order chi connectivity index (χ1) is 9.56. The van der Waals surface area contributed by atoms with Crippen molar-refractivity contribution in [2.75, 3.05) is 13.1 Å². The molecule has 1 aromatic rings. The van der Waals surface area contributed by atoms with Crippen molar-refractivity contribution in [1.29, 1.82) is 0 Å². The van der Waals surface area contributed by atoms with Gasteiger partial charge in [-0.05, 0) is 49.5 Å². The van der Waals surface area contributed by atoms with E-state index in [9.17, 15) is 14.3 Å². The lowest BCUT2D eigenvalue weighted by Gasteiger charge is -2.32. The normalized spacial score (nSPS) is 18.4. The van der Waals surface area contributed by atoms with Crippen LogP contribution in [-0.2, 0) is 4.79 Å². The number of aliphatic hydroxyl groups excluding tert-OH is 1. The van der Waals surface area contributed by atoms with Gasteiger partial charge in [0.05, 0.1) is 6.10 Å². The van der Waals surface area contributed by atoms with Gasteiger partial charge in [0.1, 0.15) is 5.82 Å². The van der Waals surface area contributed by atoms with Crippen LogP contribution in [-0.4, -0.2) is 35.1 Å². The number of benzene rings is 1. The molecule has 1 heterocycles. The van der Waals surface area contributed by atoms with Gasteiger partial charge in [0.25, 0.3) is 0 Å². The molecule has 0 bridgehead atoms. The van der Waals surface area contributed by atoms with Crippen molar-refractivity contribution in [3.05, 3.63) is 41.7 Å². The van der Waals surface area contributed by atoms with Gasteiger partial charge in [0.15, 0.2) is 0 Å². The van der Waals surface area contributed by atoms with Crippen molar-refractivity contribution in [3.8, 4) is 0 Å². The summed E-state index contributed by atoms with van der Waals surface area (Å²) in [6, 6.07) is 6.14. The van der Waals surface area contributed by atoms with E-state index in [1.807, 2.05) is 0 Å². The Morgan fingerprint density at radius 3 is 2.75 bits per heavy atom. The lowest BCUT2D eigenvalue weighted by molar-refractivity contribution is -0.127. The predicted octanol–water partition coefficient (Wildman–Crippen LogP) is 2.46. The average molecular weight is 277 g/mol. The molecule has 0 radical (unpaired) electrons. The number of rotatable bonds is 3. The summed E-state index contributed by atoms with van der Waals surface area (Å²) in [5, 5.41) is 9.53. The third kappa shape index (κ3) is 3.90. The van der Waals surface area contributed by atoms with Gasteiger partial charge in [-0.3, -0.25) is 4.79 Å². The maximum absolute atomic E-state index is 13.0. The first-order valence-electron chi connectivity index (χ1n) is 6.97. The molecule has 1 unspecified atom stereocenters. The lowest BCUT2D eigenvalue weighted by Crippen LogP contribution is -2.39. The molecule has 108 valence electrons. The standard InChI is InChI=1S/C16H20FNO2/c1-12(19)14-7-9-18(10-8-14)16(20)6-5-13-3-2-4-15(17)11-13/h2-6,11-12,14,19H,7-10H2,1H3. The molecule has 3 nitrogen and oxygen atoms in total. The quantitative estimate of drug-likeness (QED) is 0.862. The summed E-state index contributed by atoms with van der Waals surface area (Å²) in [5.74, 6) is -0.0816. The Hall–Kier alpha value is -1.68. The Balaban J connectivity index is 1.90. The molecule has 0 spiro atoms. The number of hydrogen-bond donors (Lipinski definition) is 1. The molecule has 1 aliphatic rings. The highest BCUT2D eigenvalue weighted by Crippen LogP contribution is 2.20. The second-order valence-electron chi connectivity index (χ2n) is 5.29. The maximum Gasteiger partial charge on any atom is 0.246 e. The minimum absolute atomic E-state index is 0.0571. The van der Waals surface area contributed by atoms with Crippen molar-refractivity contribution >= 4 is 12.0 Å². The SMILES string of the molecule is CC(O)C1CCN(C(=O)C=Cc2cccc(F)c2)CC1. The van der Waals surface area contributed by atoms with Crippen LogP contribution < -0.4 is 0 Å². The summed E-state index contributed by atoms with van der Waals surface area (Å²) in [6.07, 6.45) is 4.47. The lowest BCUT2D eigenvalue weighted by atomic mass is 9.92. The van der Waals surface area contributed by atoms with E-state index in [-0.39, 0.29) is 23.7 Å². The van der Waals surface area contributed by atoms with E-state index in [4.69, 9.17) is 0 Å². The van der Waals surface area contributed by atoms with Crippen LogP contribution in [0.15, 0.2) is 30.3 Å². The van der Waals surface area contributed by atoms with E-state index in [2.05, 4.69) is 0 Å². The number of piperidine rings is 1. The van der Waals surface area contributed by atoms with E-state index in [1.54, 1.807) is 30.0 Å². The van der Waals surface area contributed by atoms with Crippen molar-refractivity contribution in [1.82, 2.24) is 4.90 Å². The van der Waals surface area contributed by atoms with Crippen molar-refractivity contribution in [2.45, 2.75) is 25.9 Å². The highest BCUT2D eigenvalue weighted by atomic mass is 19.1. The smallest absolute Gasteiger partial charge is 0.246 e. The third-order valence-corrected chi connectivity index (χ3v) is 3.80. The fourth-order valence-electron chi connectivity index (χ4n) is 2.49. The summed E-state index contributed by atoms with van der Waals surface area (Å²) in [6.45, 7) is 3.13. The largest absolute Gasteiger partial charge is 0.393 e. The summed E-state index contributed by atoms with van der Waals surface area (Å²) in [5.41, 5.74) is 0.678. The highest BCUT2D eigenvalue weighted by Gasteiger charge is 2.24. The van der Waals surface area contributed by atoms with Crippen LogP contribution >= 0.6 is 0 Å². The van der Waals surface area contributed by atoms with Crippen LogP contribution in [0.2, 0.25) is 0 Å². The van der Waals surface area contributed by atoms with E-state index in [1.165, 1.54) is 18.2 Å². The summed E-state index contributed by atoms with van der Waals surface area (Å²) in [7, 11) is 0. The van der Waals surface area contributed by atoms with Crippen LogP contribution in [0.4, 0.5) is 4.39 Å². The molecule has 0 aromatic heterocycles. The van der Waals surface area contributed by atoms with Gasteiger partial charge < -0.3 is 10.0 Å². The van der Waals surface area contributed by atoms with Crippen LogP contribution in [0, 0.1) is 11.7 Å². The number of carbonyl (C=O) groups excluding carboxylic acids is 1. The maximum atomic E-state index is 13.0. The summed E-state index contributed by atoms with van der Waals surface area (Å²) in [4.78, 5) is 13.8.